The van der Waals surface area contributed by atoms with Gasteiger partial charge in [-0.3, -0.25) is 0 Å². The van der Waals surface area contributed by atoms with Gasteiger partial charge in [-0.25, -0.2) is 17.2 Å². The van der Waals surface area contributed by atoms with Crippen LogP contribution in [0.25, 0.3) is 0 Å². The number of hydrogen-bond donors (Lipinski definition) is 0. The second-order valence-electron chi connectivity index (χ2n) is 4.18. The Hall–Kier alpha value is -2.26. The summed E-state index contributed by atoms with van der Waals surface area (Å²) in [6, 6.07) is 9.68. The van der Waals surface area contributed by atoms with Gasteiger partial charge in [-0.2, -0.15) is 5.26 Å². The highest BCUT2D eigenvalue weighted by atomic mass is 32.2. The molecule has 0 atom stereocenters. The van der Waals surface area contributed by atoms with Crippen LogP contribution in [0.5, 0.6) is 0 Å². The average Bonchev–Trinajstić information content (AvgIpc) is 2.37. The summed E-state index contributed by atoms with van der Waals surface area (Å²) >= 11 is 0. The van der Waals surface area contributed by atoms with E-state index in [2.05, 4.69) is 0 Å². The average molecular weight is 293 g/mol. The van der Waals surface area contributed by atoms with Crippen LogP contribution in [0.4, 0.5) is 8.78 Å². The third-order valence-electron chi connectivity index (χ3n) is 2.60. The van der Waals surface area contributed by atoms with Gasteiger partial charge >= 0.3 is 0 Å². The van der Waals surface area contributed by atoms with Crippen LogP contribution in [-0.2, 0) is 15.6 Å². The van der Waals surface area contributed by atoms with Gasteiger partial charge in [-0.05, 0) is 42.0 Å². The maximum Gasteiger partial charge on any atom is 0.182 e. The minimum absolute atomic E-state index is 0.0365. The predicted octanol–water partition coefficient (Wildman–Crippen LogP) is 2.81. The first kappa shape index (κ1) is 14.2. The van der Waals surface area contributed by atoms with Gasteiger partial charge in [-0.15, -0.1) is 0 Å². The zero-order chi connectivity index (χ0) is 14.8. The fraction of sp³-hybridized carbons (Fsp3) is 0.0714. The molecule has 0 unspecified atom stereocenters. The summed E-state index contributed by atoms with van der Waals surface area (Å²) in [6.07, 6.45) is 0. The maximum atomic E-state index is 13.3. The van der Waals surface area contributed by atoms with Crippen molar-refractivity contribution in [2.24, 2.45) is 0 Å². The van der Waals surface area contributed by atoms with Crippen molar-refractivity contribution < 1.29 is 17.2 Å². The van der Waals surface area contributed by atoms with Gasteiger partial charge in [0.05, 0.1) is 22.3 Å². The van der Waals surface area contributed by atoms with Crippen LogP contribution in [0.2, 0.25) is 0 Å². The van der Waals surface area contributed by atoms with Crippen LogP contribution in [0.15, 0.2) is 47.4 Å². The molecule has 0 heterocycles. The molecule has 0 aliphatic heterocycles. The van der Waals surface area contributed by atoms with E-state index in [0.717, 1.165) is 24.3 Å². The summed E-state index contributed by atoms with van der Waals surface area (Å²) in [4.78, 5) is -0.180. The fourth-order valence-electron chi connectivity index (χ4n) is 1.76. The Kier molecular flexibility index (Phi) is 3.81. The lowest BCUT2D eigenvalue weighted by atomic mass is 10.1. The molecule has 0 saturated heterocycles. The van der Waals surface area contributed by atoms with Gasteiger partial charge in [-0.1, -0.05) is 6.07 Å². The molecule has 0 fully saturated rings. The van der Waals surface area contributed by atoms with E-state index in [4.69, 9.17) is 5.26 Å². The molecule has 20 heavy (non-hydrogen) atoms. The highest BCUT2D eigenvalue weighted by Crippen LogP contribution is 2.19. The summed E-state index contributed by atoms with van der Waals surface area (Å²) in [6.45, 7) is 0. The number of hydrogen-bond acceptors (Lipinski definition) is 3. The number of sulfone groups is 1. The zero-order valence-corrected chi connectivity index (χ0v) is 11.0. The number of halogens is 2. The van der Waals surface area contributed by atoms with Gasteiger partial charge in [0.25, 0.3) is 0 Å². The summed E-state index contributed by atoms with van der Waals surface area (Å²) in [5.41, 5.74) is 0.181. The summed E-state index contributed by atoms with van der Waals surface area (Å²) in [7, 11) is -3.79. The number of nitrogens with zero attached hydrogens (tertiary/aromatic N) is 1. The monoisotopic (exact) mass is 293 g/mol. The van der Waals surface area contributed by atoms with Crippen LogP contribution in [0, 0.1) is 23.0 Å². The molecule has 2 aromatic carbocycles. The van der Waals surface area contributed by atoms with E-state index >= 15 is 0 Å². The molecule has 0 amide bonds. The Morgan fingerprint density at radius 2 is 1.80 bits per heavy atom. The number of nitriles is 1. The Labute approximate surface area is 115 Å². The molecule has 0 spiro atoms. The van der Waals surface area contributed by atoms with Gasteiger partial charge in [0.15, 0.2) is 9.84 Å². The van der Waals surface area contributed by atoms with Gasteiger partial charge in [0.1, 0.15) is 11.6 Å². The lowest BCUT2D eigenvalue weighted by Crippen LogP contribution is -2.06. The molecule has 0 aliphatic carbocycles. The Morgan fingerprint density at radius 1 is 1.05 bits per heavy atom. The Morgan fingerprint density at radius 3 is 2.45 bits per heavy atom. The Bertz CT molecular complexity index is 795. The van der Waals surface area contributed by atoms with Gasteiger partial charge in [0.2, 0.25) is 0 Å². The van der Waals surface area contributed by atoms with Crippen molar-refractivity contribution in [1.29, 1.82) is 5.26 Å². The SMILES string of the molecule is N#Cc1cc(F)cc(CS(=O)(=O)c2cccc(F)c2)c1. The van der Waals surface area contributed by atoms with Gasteiger partial charge < -0.3 is 0 Å². The summed E-state index contributed by atoms with van der Waals surface area (Å²) < 4.78 is 50.5. The smallest absolute Gasteiger partial charge is 0.182 e. The quantitative estimate of drug-likeness (QED) is 0.874. The van der Waals surface area contributed by atoms with E-state index in [0.29, 0.717) is 0 Å². The topological polar surface area (TPSA) is 57.9 Å². The zero-order valence-electron chi connectivity index (χ0n) is 10.2. The minimum atomic E-state index is -3.79. The van der Waals surface area contributed by atoms with E-state index < -0.39 is 27.2 Å². The van der Waals surface area contributed by atoms with Crippen molar-refractivity contribution in [3.8, 4) is 6.07 Å². The first-order chi connectivity index (χ1) is 9.40. The number of benzene rings is 2. The predicted molar refractivity (Wildman–Crippen MR) is 68.4 cm³/mol. The minimum Gasteiger partial charge on any atom is -0.223 e. The molecule has 0 radical (unpaired) electrons. The molecular formula is C14H9F2NO2S. The molecular weight excluding hydrogens is 284 g/mol. The lowest BCUT2D eigenvalue weighted by Gasteiger charge is -2.05. The summed E-state index contributed by atoms with van der Waals surface area (Å²) in [5.74, 6) is -1.85. The largest absolute Gasteiger partial charge is 0.223 e. The molecule has 0 N–H and O–H groups in total. The van der Waals surface area contributed by atoms with Crippen molar-refractivity contribution in [3.05, 3.63) is 65.2 Å². The van der Waals surface area contributed by atoms with Crippen molar-refractivity contribution >= 4 is 9.84 Å². The normalized spacial score (nSPS) is 11.1. The molecule has 0 saturated carbocycles. The first-order valence-electron chi connectivity index (χ1n) is 5.58. The van der Waals surface area contributed by atoms with Crippen LogP contribution in [0.1, 0.15) is 11.1 Å². The molecule has 0 bridgehead atoms. The highest BCUT2D eigenvalue weighted by molar-refractivity contribution is 7.90. The Balaban J connectivity index is 2.39. The number of rotatable bonds is 3. The lowest BCUT2D eigenvalue weighted by molar-refractivity contribution is 0.589. The van der Waals surface area contributed by atoms with E-state index in [1.807, 2.05) is 0 Å². The first-order valence-corrected chi connectivity index (χ1v) is 7.24. The van der Waals surface area contributed by atoms with Gasteiger partial charge in [0, 0.05) is 0 Å². The molecule has 2 aromatic rings. The van der Waals surface area contributed by atoms with Crippen LogP contribution in [0.3, 0.4) is 0 Å². The van der Waals surface area contributed by atoms with Crippen molar-refractivity contribution in [2.75, 3.05) is 0 Å². The highest BCUT2D eigenvalue weighted by Gasteiger charge is 2.17. The maximum absolute atomic E-state index is 13.3. The van der Waals surface area contributed by atoms with E-state index in [9.17, 15) is 17.2 Å². The molecule has 6 heteroatoms. The van der Waals surface area contributed by atoms with Crippen LogP contribution >= 0.6 is 0 Å². The van der Waals surface area contributed by atoms with Crippen molar-refractivity contribution in [1.82, 2.24) is 0 Å². The van der Waals surface area contributed by atoms with Crippen molar-refractivity contribution in [2.45, 2.75) is 10.6 Å². The molecule has 2 rings (SSSR count). The van der Waals surface area contributed by atoms with Crippen molar-refractivity contribution in [3.63, 3.8) is 0 Å². The molecule has 102 valence electrons. The standard InChI is InChI=1S/C14H9F2NO2S/c15-12-2-1-3-14(7-12)20(18,19)9-11-4-10(8-17)5-13(16)6-11/h1-7H,9H2. The van der Waals surface area contributed by atoms with Crippen LogP contribution < -0.4 is 0 Å². The van der Waals surface area contributed by atoms with E-state index in [-0.39, 0.29) is 16.0 Å². The van der Waals surface area contributed by atoms with E-state index in [1.165, 1.54) is 18.2 Å². The second kappa shape index (κ2) is 5.39. The van der Waals surface area contributed by atoms with Crippen LogP contribution in [-0.4, -0.2) is 8.42 Å². The fourth-order valence-corrected chi connectivity index (χ4v) is 3.11. The molecule has 0 aliphatic rings. The molecule has 3 nitrogen and oxygen atoms in total. The molecule has 0 aromatic heterocycles. The third kappa shape index (κ3) is 3.19. The second-order valence-corrected chi connectivity index (χ2v) is 6.17. The third-order valence-corrected chi connectivity index (χ3v) is 4.28. The summed E-state index contributed by atoms with van der Waals surface area (Å²) in [5, 5.41) is 8.72. The van der Waals surface area contributed by atoms with E-state index in [1.54, 1.807) is 6.07 Å².